The maximum Gasteiger partial charge on any atom is 0.164 e. The first-order valence-electron chi connectivity index (χ1n) is 13.5. The molecule has 0 N–H and O–H groups in total. The Bertz CT molecular complexity index is 1750. The van der Waals surface area contributed by atoms with Gasteiger partial charge in [-0.3, -0.25) is 0 Å². The van der Waals surface area contributed by atoms with Crippen molar-refractivity contribution in [1.29, 1.82) is 0 Å². The highest BCUT2D eigenvalue weighted by molar-refractivity contribution is 6.07. The maximum absolute atomic E-state index is 6.67. The van der Waals surface area contributed by atoms with Crippen LogP contribution >= 0.6 is 0 Å². The van der Waals surface area contributed by atoms with Gasteiger partial charge in [-0.2, -0.15) is 0 Å². The van der Waals surface area contributed by atoms with Gasteiger partial charge in [0, 0.05) is 33.0 Å². The van der Waals surface area contributed by atoms with E-state index in [1.807, 2.05) is 60.7 Å². The summed E-state index contributed by atoms with van der Waals surface area (Å²) in [6.45, 7) is 13.3. The van der Waals surface area contributed by atoms with E-state index < -0.39 is 0 Å². The number of nitrogens with zero attached hydrogens (tertiary/aromatic N) is 3. The molecule has 4 nitrogen and oxygen atoms in total. The minimum absolute atomic E-state index is 0.0394. The number of aromatic nitrogens is 3. The molecule has 0 radical (unpaired) electrons. The predicted molar refractivity (Wildman–Crippen MR) is 161 cm³/mol. The molecule has 0 bridgehead atoms. The van der Waals surface area contributed by atoms with Crippen LogP contribution < -0.4 is 0 Å². The van der Waals surface area contributed by atoms with Crippen molar-refractivity contribution >= 4 is 21.9 Å². The van der Waals surface area contributed by atoms with Crippen LogP contribution in [-0.2, 0) is 10.8 Å². The number of benzene rings is 4. The third-order valence-electron chi connectivity index (χ3n) is 7.20. The highest BCUT2D eigenvalue weighted by Crippen LogP contribution is 2.42. The van der Waals surface area contributed by atoms with Crippen LogP contribution in [0, 0.1) is 0 Å². The van der Waals surface area contributed by atoms with Gasteiger partial charge in [-0.1, -0.05) is 114 Å². The molecule has 6 rings (SSSR count). The van der Waals surface area contributed by atoms with Crippen molar-refractivity contribution < 1.29 is 4.42 Å². The van der Waals surface area contributed by atoms with E-state index in [2.05, 4.69) is 71.9 Å². The van der Waals surface area contributed by atoms with Gasteiger partial charge in [0.25, 0.3) is 0 Å². The summed E-state index contributed by atoms with van der Waals surface area (Å²) in [7, 11) is 0. The molecule has 2 aromatic heterocycles. The number of hydrogen-bond acceptors (Lipinski definition) is 4. The van der Waals surface area contributed by atoms with Gasteiger partial charge >= 0.3 is 0 Å². The highest BCUT2D eigenvalue weighted by atomic mass is 16.3. The molecule has 2 heterocycles. The number of fused-ring (bicyclic) bond motifs is 3. The second-order valence-electron chi connectivity index (χ2n) is 12.2. The van der Waals surface area contributed by atoms with Crippen LogP contribution in [0.5, 0.6) is 0 Å². The average molecular weight is 512 g/mol. The Morgan fingerprint density at radius 2 is 1.08 bits per heavy atom. The molecule has 0 aliphatic carbocycles. The van der Waals surface area contributed by atoms with Crippen molar-refractivity contribution in [3.05, 3.63) is 102 Å². The second-order valence-corrected chi connectivity index (χ2v) is 12.2. The zero-order valence-electron chi connectivity index (χ0n) is 23.4. The molecule has 0 saturated heterocycles. The molecule has 4 heteroatoms. The van der Waals surface area contributed by atoms with Gasteiger partial charge in [0.05, 0.1) is 0 Å². The normalized spacial score (nSPS) is 12.4. The molecule has 4 aromatic carbocycles. The lowest BCUT2D eigenvalue weighted by Gasteiger charge is -2.23. The van der Waals surface area contributed by atoms with Crippen molar-refractivity contribution in [3.63, 3.8) is 0 Å². The SMILES string of the molecule is CC(C)(C)c1ccc2c(c1)oc1c(C(C)(C)C)c(-c3nc(-c4ccccc4)nc(-c4ccccc4)n3)ccc12. The predicted octanol–water partition coefficient (Wildman–Crippen LogP) is 9.37. The molecule has 6 aromatic rings. The molecule has 0 aliphatic heterocycles. The summed E-state index contributed by atoms with van der Waals surface area (Å²) < 4.78 is 6.67. The van der Waals surface area contributed by atoms with Gasteiger partial charge < -0.3 is 4.42 Å². The van der Waals surface area contributed by atoms with E-state index in [1.165, 1.54) is 5.56 Å². The minimum atomic E-state index is -0.220. The molecule has 0 saturated carbocycles. The third-order valence-corrected chi connectivity index (χ3v) is 7.20. The van der Waals surface area contributed by atoms with E-state index in [1.54, 1.807) is 0 Å². The van der Waals surface area contributed by atoms with E-state index >= 15 is 0 Å². The smallest absolute Gasteiger partial charge is 0.164 e. The lowest BCUT2D eigenvalue weighted by Crippen LogP contribution is -2.14. The average Bonchev–Trinajstić information content (AvgIpc) is 3.30. The van der Waals surface area contributed by atoms with Gasteiger partial charge in [-0.25, -0.2) is 15.0 Å². The number of rotatable bonds is 3. The van der Waals surface area contributed by atoms with Crippen LogP contribution in [0.2, 0.25) is 0 Å². The van der Waals surface area contributed by atoms with Crippen LogP contribution in [0.4, 0.5) is 0 Å². The zero-order chi connectivity index (χ0) is 27.4. The van der Waals surface area contributed by atoms with Crippen LogP contribution in [0.15, 0.2) is 95.4 Å². The van der Waals surface area contributed by atoms with Crippen molar-refractivity contribution in [1.82, 2.24) is 15.0 Å². The summed E-state index contributed by atoms with van der Waals surface area (Å²) in [4.78, 5) is 14.9. The molecule has 0 aliphatic rings. The van der Waals surface area contributed by atoms with E-state index in [9.17, 15) is 0 Å². The Labute approximate surface area is 229 Å². The monoisotopic (exact) mass is 511 g/mol. The minimum Gasteiger partial charge on any atom is -0.456 e. The lowest BCUT2D eigenvalue weighted by atomic mass is 9.82. The number of hydrogen-bond donors (Lipinski definition) is 0. The Morgan fingerprint density at radius 3 is 1.62 bits per heavy atom. The van der Waals surface area contributed by atoms with Gasteiger partial charge in [0.2, 0.25) is 0 Å². The summed E-state index contributed by atoms with van der Waals surface area (Å²) in [5, 5.41) is 2.24. The molecule has 194 valence electrons. The molecular formula is C35H33N3O. The van der Waals surface area contributed by atoms with Gasteiger partial charge in [0.15, 0.2) is 17.5 Å². The van der Waals surface area contributed by atoms with Crippen molar-refractivity contribution in [2.45, 2.75) is 52.4 Å². The van der Waals surface area contributed by atoms with E-state index in [0.717, 1.165) is 44.2 Å². The van der Waals surface area contributed by atoms with Crippen molar-refractivity contribution in [2.75, 3.05) is 0 Å². The van der Waals surface area contributed by atoms with E-state index in [0.29, 0.717) is 17.5 Å². The van der Waals surface area contributed by atoms with Gasteiger partial charge in [0.1, 0.15) is 11.2 Å². The Hall–Kier alpha value is -4.31. The molecular weight excluding hydrogens is 478 g/mol. The largest absolute Gasteiger partial charge is 0.456 e. The zero-order valence-corrected chi connectivity index (χ0v) is 23.4. The summed E-state index contributed by atoms with van der Waals surface area (Å²) in [6.07, 6.45) is 0. The first kappa shape index (κ1) is 25.0. The first-order chi connectivity index (χ1) is 18.6. The third kappa shape index (κ3) is 4.61. The van der Waals surface area contributed by atoms with Crippen LogP contribution in [0.25, 0.3) is 56.1 Å². The number of furan rings is 1. The summed E-state index contributed by atoms with van der Waals surface area (Å²) in [5.74, 6) is 1.95. The molecule has 39 heavy (non-hydrogen) atoms. The summed E-state index contributed by atoms with van der Waals surface area (Å²) in [6, 6.07) is 31.1. The highest BCUT2D eigenvalue weighted by Gasteiger charge is 2.28. The van der Waals surface area contributed by atoms with Crippen LogP contribution in [0.3, 0.4) is 0 Å². The Balaban J connectivity index is 1.64. The maximum atomic E-state index is 6.67. The second kappa shape index (κ2) is 9.16. The topological polar surface area (TPSA) is 51.8 Å². The standard InChI is InChI=1S/C35H33N3O/c1-34(2,3)24-17-18-25-26-19-20-27(29(35(4,5)6)30(26)39-28(25)21-24)33-37-31(22-13-9-7-10-14-22)36-32(38-33)23-15-11-8-12-16-23/h7-21H,1-6H3. The van der Waals surface area contributed by atoms with Crippen molar-refractivity contribution in [3.8, 4) is 34.2 Å². The molecule has 0 amide bonds. The molecule has 0 unspecified atom stereocenters. The quantitative estimate of drug-likeness (QED) is 0.237. The fraction of sp³-hybridized carbons (Fsp3) is 0.229. The Kier molecular flexibility index (Phi) is 5.87. The van der Waals surface area contributed by atoms with E-state index in [4.69, 9.17) is 19.4 Å². The van der Waals surface area contributed by atoms with Crippen LogP contribution in [-0.4, -0.2) is 15.0 Å². The summed E-state index contributed by atoms with van der Waals surface area (Å²) in [5.41, 5.74) is 6.84. The van der Waals surface area contributed by atoms with Crippen molar-refractivity contribution in [2.24, 2.45) is 0 Å². The first-order valence-corrected chi connectivity index (χ1v) is 13.5. The van der Waals surface area contributed by atoms with Gasteiger partial charge in [-0.05, 0) is 34.6 Å². The molecule has 0 fully saturated rings. The summed E-state index contributed by atoms with van der Waals surface area (Å²) >= 11 is 0. The molecule has 0 atom stereocenters. The van der Waals surface area contributed by atoms with E-state index in [-0.39, 0.29) is 10.8 Å². The van der Waals surface area contributed by atoms with Gasteiger partial charge in [-0.15, -0.1) is 0 Å². The van der Waals surface area contributed by atoms with Crippen LogP contribution in [0.1, 0.15) is 52.7 Å². The Morgan fingerprint density at radius 1 is 0.538 bits per heavy atom. The lowest BCUT2D eigenvalue weighted by molar-refractivity contribution is 0.570. The fourth-order valence-corrected chi connectivity index (χ4v) is 5.17. The fourth-order valence-electron chi connectivity index (χ4n) is 5.17. The molecule has 0 spiro atoms.